The van der Waals surface area contributed by atoms with E-state index in [9.17, 15) is 0 Å². The molecule has 0 aliphatic heterocycles. The minimum atomic E-state index is 0.702. The number of anilines is 1. The molecule has 0 saturated heterocycles. The SMILES string of the molecule is CCCn1[nH]c(C)c(N)c1=S. The molecule has 0 aromatic carbocycles. The third-order valence-electron chi connectivity index (χ3n) is 1.63. The van der Waals surface area contributed by atoms with Gasteiger partial charge in [-0.05, 0) is 13.3 Å². The van der Waals surface area contributed by atoms with Crippen LogP contribution in [0, 0.1) is 11.6 Å². The zero-order valence-corrected chi connectivity index (χ0v) is 7.66. The lowest BCUT2D eigenvalue weighted by atomic mass is 10.4. The Bertz CT molecular complexity index is 297. The number of nitrogens with two attached hydrogens (primary N) is 1. The fourth-order valence-electron chi connectivity index (χ4n) is 1.00. The minimum Gasteiger partial charge on any atom is -0.395 e. The van der Waals surface area contributed by atoms with Gasteiger partial charge in [0.05, 0.1) is 11.4 Å². The summed E-state index contributed by atoms with van der Waals surface area (Å²) in [4.78, 5) is 0. The van der Waals surface area contributed by atoms with Crippen molar-refractivity contribution in [2.24, 2.45) is 0 Å². The number of aryl methyl sites for hydroxylation is 2. The van der Waals surface area contributed by atoms with E-state index < -0.39 is 0 Å². The van der Waals surface area contributed by atoms with Crippen molar-refractivity contribution < 1.29 is 0 Å². The summed E-state index contributed by atoms with van der Waals surface area (Å²) in [6, 6.07) is 0. The number of hydrogen-bond acceptors (Lipinski definition) is 2. The second kappa shape index (κ2) is 3.09. The van der Waals surface area contributed by atoms with Gasteiger partial charge in [-0.25, -0.2) is 0 Å². The number of aromatic amines is 1. The molecule has 0 aliphatic rings. The van der Waals surface area contributed by atoms with Gasteiger partial charge in [0.15, 0.2) is 0 Å². The van der Waals surface area contributed by atoms with E-state index in [1.165, 1.54) is 0 Å². The largest absolute Gasteiger partial charge is 0.395 e. The monoisotopic (exact) mass is 171 g/mol. The Hall–Kier alpha value is -0.770. The van der Waals surface area contributed by atoms with Gasteiger partial charge in [0.1, 0.15) is 4.64 Å². The number of H-pyrrole nitrogens is 1. The summed E-state index contributed by atoms with van der Waals surface area (Å²) in [6.07, 6.45) is 1.06. The first-order valence-electron chi connectivity index (χ1n) is 3.71. The van der Waals surface area contributed by atoms with Crippen LogP contribution < -0.4 is 5.73 Å². The van der Waals surface area contributed by atoms with Crippen LogP contribution in [-0.2, 0) is 6.54 Å². The molecule has 0 radical (unpaired) electrons. The molecule has 1 rings (SSSR count). The Morgan fingerprint density at radius 2 is 2.27 bits per heavy atom. The highest BCUT2D eigenvalue weighted by Gasteiger charge is 2.01. The van der Waals surface area contributed by atoms with Crippen molar-refractivity contribution in [2.75, 3.05) is 5.73 Å². The fourth-order valence-corrected chi connectivity index (χ4v) is 1.29. The minimum absolute atomic E-state index is 0.702. The van der Waals surface area contributed by atoms with Crippen molar-refractivity contribution in [1.29, 1.82) is 0 Å². The number of nitrogen functional groups attached to an aromatic ring is 1. The first kappa shape index (κ1) is 8.33. The zero-order chi connectivity index (χ0) is 8.43. The second-order valence-electron chi connectivity index (χ2n) is 2.61. The first-order chi connectivity index (χ1) is 5.16. The lowest BCUT2D eigenvalue weighted by molar-refractivity contribution is 0.592. The van der Waals surface area contributed by atoms with E-state index in [-0.39, 0.29) is 0 Å². The fraction of sp³-hybridized carbons (Fsp3) is 0.571. The number of nitrogens with one attached hydrogen (secondary N) is 1. The summed E-state index contributed by atoms with van der Waals surface area (Å²) >= 11 is 5.09. The topological polar surface area (TPSA) is 46.7 Å². The highest BCUT2D eigenvalue weighted by Crippen LogP contribution is 2.10. The maximum absolute atomic E-state index is 5.68. The molecule has 1 heterocycles. The molecule has 3 nitrogen and oxygen atoms in total. The molecule has 3 N–H and O–H groups in total. The normalized spacial score (nSPS) is 10.4. The molecule has 0 spiro atoms. The Morgan fingerprint density at radius 1 is 1.64 bits per heavy atom. The van der Waals surface area contributed by atoms with Gasteiger partial charge in [-0.2, -0.15) is 0 Å². The third kappa shape index (κ3) is 1.45. The molecule has 11 heavy (non-hydrogen) atoms. The highest BCUT2D eigenvalue weighted by atomic mass is 32.1. The first-order valence-corrected chi connectivity index (χ1v) is 4.12. The summed E-state index contributed by atoms with van der Waals surface area (Å²) in [7, 11) is 0. The van der Waals surface area contributed by atoms with E-state index in [1.807, 2.05) is 11.6 Å². The predicted octanol–water partition coefficient (Wildman–Crippen LogP) is 1.85. The van der Waals surface area contributed by atoms with E-state index in [1.54, 1.807) is 0 Å². The summed E-state index contributed by atoms with van der Waals surface area (Å²) in [5, 5.41) is 3.10. The zero-order valence-electron chi connectivity index (χ0n) is 6.85. The standard InChI is InChI=1S/C7H13N3S/c1-3-4-10-7(11)6(8)5(2)9-10/h9H,3-4,8H2,1-2H3. The molecule has 0 aliphatic carbocycles. The molecular weight excluding hydrogens is 158 g/mol. The molecule has 0 saturated carbocycles. The van der Waals surface area contributed by atoms with Crippen LogP contribution >= 0.6 is 12.2 Å². The Balaban J connectivity index is 3.09. The van der Waals surface area contributed by atoms with Crippen molar-refractivity contribution in [3.8, 4) is 0 Å². The van der Waals surface area contributed by atoms with Crippen LogP contribution in [0.5, 0.6) is 0 Å². The molecular formula is C7H13N3S. The van der Waals surface area contributed by atoms with Crippen LogP contribution in [0.3, 0.4) is 0 Å². The number of nitrogens with zero attached hydrogens (tertiary/aromatic N) is 1. The van der Waals surface area contributed by atoms with E-state index in [0.717, 1.165) is 23.3 Å². The lowest BCUT2D eigenvalue weighted by Crippen LogP contribution is -1.98. The van der Waals surface area contributed by atoms with Crippen LogP contribution in [0.4, 0.5) is 5.69 Å². The van der Waals surface area contributed by atoms with Gasteiger partial charge in [-0.3, -0.25) is 9.78 Å². The molecule has 0 fully saturated rings. The van der Waals surface area contributed by atoms with Gasteiger partial charge in [0.25, 0.3) is 0 Å². The molecule has 0 bridgehead atoms. The summed E-state index contributed by atoms with van der Waals surface area (Å²) in [5.41, 5.74) is 7.34. The maximum Gasteiger partial charge on any atom is 0.145 e. The van der Waals surface area contributed by atoms with Crippen LogP contribution in [0.2, 0.25) is 0 Å². The Labute approximate surface area is 71.2 Å². The highest BCUT2D eigenvalue weighted by molar-refractivity contribution is 7.71. The van der Waals surface area contributed by atoms with Gasteiger partial charge in [0.2, 0.25) is 0 Å². The van der Waals surface area contributed by atoms with Gasteiger partial charge in [-0.1, -0.05) is 19.1 Å². The molecule has 1 aromatic heterocycles. The Morgan fingerprint density at radius 3 is 2.64 bits per heavy atom. The van der Waals surface area contributed by atoms with Crippen molar-refractivity contribution >= 4 is 17.9 Å². The van der Waals surface area contributed by atoms with Gasteiger partial charge in [0, 0.05) is 6.54 Å². The van der Waals surface area contributed by atoms with E-state index in [4.69, 9.17) is 18.0 Å². The quantitative estimate of drug-likeness (QED) is 0.667. The summed E-state index contributed by atoms with van der Waals surface area (Å²) in [5.74, 6) is 0. The molecule has 0 unspecified atom stereocenters. The van der Waals surface area contributed by atoms with E-state index in [0.29, 0.717) is 5.69 Å². The van der Waals surface area contributed by atoms with Crippen molar-refractivity contribution in [3.05, 3.63) is 10.3 Å². The smallest absolute Gasteiger partial charge is 0.145 e. The average Bonchev–Trinajstić information content (AvgIpc) is 2.19. The second-order valence-corrected chi connectivity index (χ2v) is 2.99. The maximum atomic E-state index is 5.68. The lowest BCUT2D eigenvalue weighted by Gasteiger charge is -1.96. The van der Waals surface area contributed by atoms with Gasteiger partial charge >= 0.3 is 0 Å². The van der Waals surface area contributed by atoms with Gasteiger partial charge < -0.3 is 5.73 Å². The molecule has 0 amide bonds. The van der Waals surface area contributed by atoms with Crippen molar-refractivity contribution in [1.82, 2.24) is 9.78 Å². The summed E-state index contributed by atoms with van der Waals surface area (Å²) < 4.78 is 2.63. The van der Waals surface area contributed by atoms with Crippen molar-refractivity contribution in [3.63, 3.8) is 0 Å². The number of rotatable bonds is 2. The van der Waals surface area contributed by atoms with E-state index in [2.05, 4.69) is 12.0 Å². The molecule has 1 aromatic rings. The predicted molar refractivity (Wildman–Crippen MR) is 49.1 cm³/mol. The molecule has 0 atom stereocenters. The van der Waals surface area contributed by atoms with E-state index >= 15 is 0 Å². The Kier molecular flexibility index (Phi) is 2.34. The third-order valence-corrected chi connectivity index (χ3v) is 2.07. The van der Waals surface area contributed by atoms with Crippen LogP contribution in [-0.4, -0.2) is 9.78 Å². The van der Waals surface area contributed by atoms with Crippen LogP contribution in [0.1, 0.15) is 19.0 Å². The molecule has 62 valence electrons. The summed E-state index contributed by atoms with van der Waals surface area (Å²) in [6.45, 7) is 4.95. The molecule has 4 heteroatoms. The van der Waals surface area contributed by atoms with Crippen molar-refractivity contribution in [2.45, 2.75) is 26.8 Å². The average molecular weight is 171 g/mol. The number of aromatic nitrogens is 2. The number of hydrogen-bond donors (Lipinski definition) is 2. The van der Waals surface area contributed by atoms with Crippen LogP contribution in [0.15, 0.2) is 0 Å². The van der Waals surface area contributed by atoms with Crippen LogP contribution in [0.25, 0.3) is 0 Å². The van der Waals surface area contributed by atoms with Gasteiger partial charge in [-0.15, -0.1) is 0 Å².